The van der Waals surface area contributed by atoms with Crippen LogP contribution in [0.15, 0.2) is 15.9 Å². The number of aryl methyl sites for hydroxylation is 1. The van der Waals surface area contributed by atoms with Crippen molar-refractivity contribution in [3.63, 3.8) is 0 Å². The molecule has 2 amide bonds. The minimum Gasteiger partial charge on any atom is -0.370 e. The molecule has 0 aliphatic heterocycles. The van der Waals surface area contributed by atoms with Crippen LogP contribution in [0.1, 0.15) is 24.1 Å². The van der Waals surface area contributed by atoms with E-state index in [2.05, 4.69) is 21.2 Å². The fourth-order valence-corrected chi connectivity index (χ4v) is 2.76. The largest absolute Gasteiger partial charge is 0.370 e. The van der Waals surface area contributed by atoms with Gasteiger partial charge in [-0.25, -0.2) is 0 Å². The van der Waals surface area contributed by atoms with Gasteiger partial charge in [0.15, 0.2) is 0 Å². The molecule has 0 saturated carbocycles. The fraction of sp³-hybridized carbons (Fsp3) is 0.455. The number of rotatable bonds is 7. The number of hydrogen-bond donors (Lipinski definition) is 2. The summed E-state index contributed by atoms with van der Waals surface area (Å²) in [5, 5.41) is 4.76. The van der Waals surface area contributed by atoms with Crippen LogP contribution in [0, 0.1) is 0 Å². The van der Waals surface area contributed by atoms with Crippen molar-refractivity contribution in [2.75, 3.05) is 6.54 Å². The smallest absolute Gasteiger partial charge is 0.220 e. The second-order valence-corrected chi connectivity index (χ2v) is 5.56. The highest BCUT2D eigenvalue weighted by Crippen LogP contribution is 2.20. The molecule has 0 aliphatic carbocycles. The van der Waals surface area contributed by atoms with E-state index in [0.29, 0.717) is 25.8 Å². The van der Waals surface area contributed by atoms with Gasteiger partial charge in [0.05, 0.1) is 0 Å². The molecule has 0 fully saturated rings. The molecular weight excluding hydrogens is 304 g/mol. The van der Waals surface area contributed by atoms with Crippen molar-refractivity contribution in [2.45, 2.75) is 25.7 Å². The number of carbonyl (C=O) groups excluding carboxylic acids is 2. The monoisotopic (exact) mass is 318 g/mol. The Morgan fingerprint density at radius 2 is 2.18 bits per heavy atom. The van der Waals surface area contributed by atoms with Gasteiger partial charge in [0.2, 0.25) is 11.8 Å². The lowest BCUT2D eigenvalue weighted by Crippen LogP contribution is -2.25. The molecule has 0 saturated heterocycles. The molecule has 94 valence electrons. The number of nitrogens with one attached hydrogen (secondary N) is 1. The first kappa shape index (κ1) is 14.2. The molecule has 17 heavy (non-hydrogen) atoms. The van der Waals surface area contributed by atoms with Crippen LogP contribution in [0.3, 0.4) is 0 Å². The van der Waals surface area contributed by atoms with Crippen LogP contribution < -0.4 is 11.1 Å². The molecule has 0 aromatic carbocycles. The van der Waals surface area contributed by atoms with Gasteiger partial charge in [-0.2, -0.15) is 0 Å². The molecule has 0 aliphatic rings. The summed E-state index contributed by atoms with van der Waals surface area (Å²) in [5.41, 5.74) is 4.99. The molecule has 6 heteroatoms. The van der Waals surface area contributed by atoms with Crippen molar-refractivity contribution in [2.24, 2.45) is 5.73 Å². The highest BCUT2D eigenvalue weighted by Gasteiger charge is 2.04. The topological polar surface area (TPSA) is 72.2 Å². The molecule has 1 aromatic heterocycles. The lowest BCUT2D eigenvalue weighted by atomic mass is 10.2. The number of hydrogen-bond acceptors (Lipinski definition) is 3. The standard InChI is InChI=1S/C11H15BrN2O2S/c12-8-6-9(17-7-8)3-4-11(16)14-5-1-2-10(13)15/h6-7H,1-5H2,(H2,13,15)(H,14,16). The number of nitrogens with two attached hydrogens (primary N) is 1. The Morgan fingerprint density at radius 3 is 2.76 bits per heavy atom. The van der Waals surface area contributed by atoms with Crippen molar-refractivity contribution in [1.29, 1.82) is 0 Å². The molecule has 1 rings (SSSR count). The maximum atomic E-state index is 11.4. The summed E-state index contributed by atoms with van der Waals surface area (Å²) in [4.78, 5) is 23.1. The Balaban J connectivity index is 2.11. The van der Waals surface area contributed by atoms with Gasteiger partial charge in [-0.05, 0) is 34.8 Å². The van der Waals surface area contributed by atoms with Crippen molar-refractivity contribution in [3.05, 3.63) is 20.8 Å². The van der Waals surface area contributed by atoms with Gasteiger partial charge in [-0.3, -0.25) is 9.59 Å². The van der Waals surface area contributed by atoms with Gasteiger partial charge >= 0.3 is 0 Å². The molecular formula is C11H15BrN2O2S. The Kier molecular flexibility index (Phi) is 6.21. The van der Waals surface area contributed by atoms with Crippen LogP contribution in [0.25, 0.3) is 0 Å². The van der Waals surface area contributed by atoms with E-state index in [1.807, 2.05) is 11.4 Å². The lowest BCUT2D eigenvalue weighted by molar-refractivity contribution is -0.121. The van der Waals surface area contributed by atoms with Crippen LogP contribution in [0.2, 0.25) is 0 Å². The van der Waals surface area contributed by atoms with Gasteiger partial charge in [0, 0.05) is 34.1 Å². The van der Waals surface area contributed by atoms with Gasteiger partial charge in [0.1, 0.15) is 0 Å². The SMILES string of the molecule is NC(=O)CCCNC(=O)CCc1cc(Br)cs1. The second kappa shape index (κ2) is 7.45. The highest BCUT2D eigenvalue weighted by molar-refractivity contribution is 9.10. The Bertz CT molecular complexity index is 393. The number of amides is 2. The van der Waals surface area contributed by atoms with Crippen molar-refractivity contribution in [1.82, 2.24) is 5.32 Å². The van der Waals surface area contributed by atoms with E-state index in [1.54, 1.807) is 11.3 Å². The van der Waals surface area contributed by atoms with Crippen LogP contribution in [0.4, 0.5) is 0 Å². The molecule has 0 bridgehead atoms. The summed E-state index contributed by atoms with van der Waals surface area (Å²) in [6.07, 6.45) is 2.14. The van der Waals surface area contributed by atoms with Crippen LogP contribution in [0.5, 0.6) is 0 Å². The minimum absolute atomic E-state index is 0.0130. The highest BCUT2D eigenvalue weighted by atomic mass is 79.9. The third-order valence-corrected chi connectivity index (χ3v) is 3.90. The maximum Gasteiger partial charge on any atom is 0.220 e. The van der Waals surface area contributed by atoms with Crippen molar-refractivity contribution >= 4 is 39.1 Å². The number of primary amides is 1. The number of thiophene rings is 1. The Morgan fingerprint density at radius 1 is 1.41 bits per heavy atom. The van der Waals surface area contributed by atoms with Gasteiger partial charge in [-0.15, -0.1) is 11.3 Å². The predicted octanol–water partition coefficient (Wildman–Crippen LogP) is 1.82. The zero-order valence-corrected chi connectivity index (χ0v) is 11.8. The molecule has 1 aromatic rings. The van der Waals surface area contributed by atoms with Crippen LogP contribution >= 0.6 is 27.3 Å². The zero-order chi connectivity index (χ0) is 12.7. The summed E-state index contributed by atoms with van der Waals surface area (Å²) in [7, 11) is 0. The Hall–Kier alpha value is -0.880. The molecule has 3 N–H and O–H groups in total. The van der Waals surface area contributed by atoms with Crippen LogP contribution in [-0.2, 0) is 16.0 Å². The summed E-state index contributed by atoms with van der Waals surface area (Å²) < 4.78 is 1.05. The molecule has 4 nitrogen and oxygen atoms in total. The van der Waals surface area contributed by atoms with E-state index < -0.39 is 0 Å². The third kappa shape index (κ3) is 6.43. The van der Waals surface area contributed by atoms with Crippen molar-refractivity contribution < 1.29 is 9.59 Å². The molecule has 0 radical (unpaired) electrons. The minimum atomic E-state index is -0.331. The average molecular weight is 319 g/mol. The van der Waals surface area contributed by atoms with E-state index in [4.69, 9.17) is 5.73 Å². The fourth-order valence-electron chi connectivity index (χ4n) is 1.30. The zero-order valence-electron chi connectivity index (χ0n) is 9.37. The van der Waals surface area contributed by atoms with E-state index in [-0.39, 0.29) is 11.8 Å². The van der Waals surface area contributed by atoms with Crippen LogP contribution in [-0.4, -0.2) is 18.4 Å². The molecule has 0 atom stereocenters. The van der Waals surface area contributed by atoms with Crippen molar-refractivity contribution in [3.8, 4) is 0 Å². The van der Waals surface area contributed by atoms with Gasteiger partial charge < -0.3 is 11.1 Å². The molecule has 1 heterocycles. The summed E-state index contributed by atoms with van der Waals surface area (Å²) in [6.45, 7) is 0.510. The van der Waals surface area contributed by atoms with E-state index in [0.717, 1.165) is 10.9 Å². The predicted molar refractivity (Wildman–Crippen MR) is 71.8 cm³/mol. The lowest BCUT2D eigenvalue weighted by Gasteiger charge is -2.03. The normalized spacial score (nSPS) is 10.2. The number of halogens is 1. The first-order valence-electron chi connectivity index (χ1n) is 5.36. The first-order valence-corrected chi connectivity index (χ1v) is 7.03. The summed E-state index contributed by atoms with van der Waals surface area (Å²) >= 11 is 5.01. The summed E-state index contributed by atoms with van der Waals surface area (Å²) in [5.74, 6) is -0.318. The van der Waals surface area contributed by atoms with E-state index >= 15 is 0 Å². The van der Waals surface area contributed by atoms with E-state index in [9.17, 15) is 9.59 Å². The third-order valence-electron chi connectivity index (χ3n) is 2.14. The van der Waals surface area contributed by atoms with Gasteiger partial charge in [-0.1, -0.05) is 0 Å². The quantitative estimate of drug-likeness (QED) is 0.753. The Labute approximate surface area is 113 Å². The summed E-state index contributed by atoms with van der Waals surface area (Å²) in [6, 6.07) is 2.02. The molecule has 0 unspecified atom stereocenters. The second-order valence-electron chi connectivity index (χ2n) is 3.65. The first-order chi connectivity index (χ1) is 8.08. The molecule has 0 spiro atoms. The average Bonchev–Trinajstić information content (AvgIpc) is 2.67. The number of carbonyl (C=O) groups is 2. The maximum absolute atomic E-state index is 11.4. The van der Waals surface area contributed by atoms with E-state index in [1.165, 1.54) is 4.88 Å². The van der Waals surface area contributed by atoms with Gasteiger partial charge in [0.25, 0.3) is 0 Å².